The lowest BCUT2D eigenvalue weighted by atomic mass is 10.2. The molecule has 3 aromatic heterocycles. The summed E-state index contributed by atoms with van der Waals surface area (Å²) >= 11 is 0. The van der Waals surface area contributed by atoms with Crippen LogP contribution in [0.15, 0.2) is 28.0 Å². The van der Waals surface area contributed by atoms with Gasteiger partial charge in [0.05, 0.1) is 17.1 Å². The monoisotopic (exact) mass is 230 g/mol. The summed E-state index contributed by atoms with van der Waals surface area (Å²) in [5, 5.41) is 1.25. The molecular weight excluding hydrogens is 220 g/mol. The minimum absolute atomic E-state index is 0.319. The topological polar surface area (TPSA) is 72.7 Å². The Morgan fingerprint density at radius 2 is 2.00 bits per heavy atom. The number of pyridine rings is 1. The van der Waals surface area contributed by atoms with Crippen LogP contribution in [-0.2, 0) is 14.1 Å². The van der Waals surface area contributed by atoms with Gasteiger partial charge in [0.2, 0.25) is 0 Å². The zero-order chi connectivity index (χ0) is 12.2. The number of hydrogen-bond acceptors (Lipinski definition) is 3. The molecule has 3 heterocycles. The lowest BCUT2D eigenvalue weighted by molar-refractivity contribution is 0.708. The van der Waals surface area contributed by atoms with Gasteiger partial charge in [-0.1, -0.05) is 0 Å². The third-order valence-electron chi connectivity index (χ3n) is 3.00. The van der Waals surface area contributed by atoms with E-state index in [9.17, 15) is 9.59 Å². The Morgan fingerprint density at radius 1 is 1.24 bits per heavy atom. The van der Waals surface area contributed by atoms with E-state index in [2.05, 4.69) is 9.97 Å². The normalized spacial score (nSPS) is 11.4. The number of aryl methyl sites for hydroxylation is 1. The van der Waals surface area contributed by atoms with Gasteiger partial charge in [-0.15, -0.1) is 0 Å². The smallest absolute Gasteiger partial charge is 0.332 e. The Hall–Kier alpha value is -2.37. The van der Waals surface area contributed by atoms with Crippen molar-refractivity contribution in [2.45, 2.75) is 0 Å². The van der Waals surface area contributed by atoms with Gasteiger partial charge >= 0.3 is 5.69 Å². The molecular formula is C11H10N4O2. The predicted octanol–water partition coefficient (Wildman–Crippen LogP) is 0.113. The maximum atomic E-state index is 12.1. The molecule has 0 bridgehead atoms. The van der Waals surface area contributed by atoms with E-state index in [0.29, 0.717) is 11.0 Å². The lowest BCUT2D eigenvalue weighted by Gasteiger charge is -2.06. The first kappa shape index (κ1) is 9.83. The van der Waals surface area contributed by atoms with Crippen molar-refractivity contribution in [3.63, 3.8) is 0 Å². The molecule has 6 nitrogen and oxygen atoms in total. The van der Waals surface area contributed by atoms with E-state index < -0.39 is 0 Å². The van der Waals surface area contributed by atoms with E-state index in [0.717, 1.165) is 15.5 Å². The van der Waals surface area contributed by atoms with Gasteiger partial charge in [0, 0.05) is 25.7 Å². The zero-order valence-corrected chi connectivity index (χ0v) is 9.39. The van der Waals surface area contributed by atoms with Crippen molar-refractivity contribution in [3.05, 3.63) is 39.3 Å². The second kappa shape index (κ2) is 3.07. The zero-order valence-electron chi connectivity index (χ0n) is 9.39. The van der Waals surface area contributed by atoms with Gasteiger partial charge in [0.1, 0.15) is 5.65 Å². The first-order valence-electron chi connectivity index (χ1n) is 5.13. The molecule has 17 heavy (non-hydrogen) atoms. The van der Waals surface area contributed by atoms with E-state index in [1.807, 2.05) is 6.07 Å². The van der Waals surface area contributed by atoms with Crippen molar-refractivity contribution in [1.29, 1.82) is 0 Å². The number of fused-ring (bicyclic) bond motifs is 3. The minimum Gasteiger partial charge on any atom is -0.360 e. The fourth-order valence-corrected chi connectivity index (χ4v) is 2.05. The van der Waals surface area contributed by atoms with Gasteiger partial charge in [0.15, 0.2) is 0 Å². The molecule has 0 amide bonds. The average Bonchev–Trinajstić information content (AvgIpc) is 2.80. The van der Waals surface area contributed by atoms with Crippen molar-refractivity contribution in [3.8, 4) is 0 Å². The third kappa shape index (κ3) is 1.12. The van der Waals surface area contributed by atoms with Crippen molar-refractivity contribution < 1.29 is 0 Å². The number of nitrogens with one attached hydrogen (secondary N) is 1. The van der Waals surface area contributed by atoms with Crippen molar-refractivity contribution >= 4 is 21.9 Å². The summed E-state index contributed by atoms with van der Waals surface area (Å²) in [5.74, 6) is 0. The molecule has 0 saturated carbocycles. The summed E-state index contributed by atoms with van der Waals surface area (Å²) < 4.78 is 2.47. The highest BCUT2D eigenvalue weighted by Crippen LogP contribution is 2.17. The predicted molar refractivity (Wildman–Crippen MR) is 64.1 cm³/mol. The Morgan fingerprint density at radius 3 is 2.76 bits per heavy atom. The number of aromatic nitrogens is 4. The summed E-state index contributed by atoms with van der Waals surface area (Å²) in [4.78, 5) is 31.0. The largest absolute Gasteiger partial charge is 0.360 e. The highest BCUT2D eigenvalue weighted by Gasteiger charge is 2.12. The molecule has 0 saturated heterocycles. The summed E-state index contributed by atoms with van der Waals surface area (Å²) in [6.45, 7) is 0. The van der Waals surface area contributed by atoms with Gasteiger partial charge < -0.3 is 4.98 Å². The van der Waals surface area contributed by atoms with Gasteiger partial charge in [-0.25, -0.2) is 9.78 Å². The standard InChI is InChI=1S/C11H10N4O2/c1-14-9-8(10(16)15(2)11(14)17)6-3-4-12-7(6)5-13-9/h3-5,12H,1-2H3. The third-order valence-corrected chi connectivity index (χ3v) is 3.00. The van der Waals surface area contributed by atoms with E-state index in [4.69, 9.17) is 0 Å². The van der Waals surface area contributed by atoms with Crippen molar-refractivity contribution in [1.82, 2.24) is 19.1 Å². The van der Waals surface area contributed by atoms with Crippen LogP contribution in [0.5, 0.6) is 0 Å². The maximum absolute atomic E-state index is 12.1. The van der Waals surface area contributed by atoms with Gasteiger partial charge in [0.25, 0.3) is 5.56 Å². The van der Waals surface area contributed by atoms with E-state index in [1.165, 1.54) is 11.6 Å². The average molecular weight is 230 g/mol. The SMILES string of the molecule is Cn1c(=O)c2c3cc[nH]c3cnc2n(C)c1=O. The van der Waals surface area contributed by atoms with Crippen LogP contribution in [0.3, 0.4) is 0 Å². The fraction of sp³-hybridized carbons (Fsp3) is 0.182. The Labute approximate surface area is 95.1 Å². The molecule has 3 rings (SSSR count). The first-order valence-corrected chi connectivity index (χ1v) is 5.13. The molecule has 0 spiro atoms. The van der Waals surface area contributed by atoms with E-state index in [-0.39, 0.29) is 11.2 Å². The number of nitrogens with zero attached hydrogens (tertiary/aromatic N) is 3. The summed E-state index contributed by atoms with van der Waals surface area (Å²) in [7, 11) is 3.07. The molecule has 86 valence electrons. The van der Waals surface area contributed by atoms with Gasteiger partial charge in [-0.2, -0.15) is 0 Å². The molecule has 0 aliphatic heterocycles. The molecule has 0 atom stereocenters. The summed E-state index contributed by atoms with van der Waals surface area (Å²) in [6.07, 6.45) is 3.37. The van der Waals surface area contributed by atoms with Crippen LogP contribution < -0.4 is 11.2 Å². The van der Waals surface area contributed by atoms with Crippen LogP contribution in [0, 0.1) is 0 Å². The second-order valence-electron chi connectivity index (χ2n) is 3.97. The van der Waals surface area contributed by atoms with Crippen LogP contribution in [0.25, 0.3) is 21.9 Å². The van der Waals surface area contributed by atoms with Crippen molar-refractivity contribution in [2.24, 2.45) is 14.1 Å². The van der Waals surface area contributed by atoms with Gasteiger partial charge in [-0.05, 0) is 6.07 Å². The van der Waals surface area contributed by atoms with Crippen LogP contribution in [0.1, 0.15) is 0 Å². The molecule has 6 heteroatoms. The molecule has 3 aromatic rings. The number of aromatic amines is 1. The minimum atomic E-state index is -0.370. The lowest BCUT2D eigenvalue weighted by Crippen LogP contribution is -2.37. The molecule has 1 N–H and O–H groups in total. The number of hydrogen-bond donors (Lipinski definition) is 1. The second-order valence-corrected chi connectivity index (χ2v) is 3.97. The molecule has 0 fully saturated rings. The molecule has 0 aliphatic rings. The summed E-state index contributed by atoms with van der Waals surface area (Å²) in [5.41, 5.74) is 0.504. The fourth-order valence-electron chi connectivity index (χ4n) is 2.05. The van der Waals surface area contributed by atoms with Crippen LogP contribution in [-0.4, -0.2) is 19.1 Å². The van der Waals surface area contributed by atoms with Crippen LogP contribution in [0.4, 0.5) is 0 Å². The molecule has 0 unspecified atom stereocenters. The number of rotatable bonds is 0. The maximum Gasteiger partial charge on any atom is 0.332 e. The van der Waals surface area contributed by atoms with Crippen molar-refractivity contribution in [2.75, 3.05) is 0 Å². The van der Waals surface area contributed by atoms with Crippen LogP contribution in [0.2, 0.25) is 0 Å². The Kier molecular flexibility index (Phi) is 1.77. The number of H-pyrrole nitrogens is 1. The highest BCUT2D eigenvalue weighted by molar-refractivity contribution is 6.02. The summed E-state index contributed by atoms with van der Waals surface area (Å²) in [6, 6.07) is 1.81. The molecule has 0 radical (unpaired) electrons. The highest BCUT2D eigenvalue weighted by atomic mass is 16.2. The Balaban J connectivity index is 2.79. The molecule has 0 aliphatic carbocycles. The van der Waals surface area contributed by atoms with Crippen LogP contribution >= 0.6 is 0 Å². The van der Waals surface area contributed by atoms with Gasteiger partial charge in [-0.3, -0.25) is 13.9 Å². The van der Waals surface area contributed by atoms with E-state index >= 15 is 0 Å². The molecule has 0 aromatic carbocycles. The first-order chi connectivity index (χ1) is 8.11. The van der Waals surface area contributed by atoms with E-state index in [1.54, 1.807) is 19.4 Å². The Bertz CT molecular complexity index is 853. The quantitative estimate of drug-likeness (QED) is 0.596.